The molecule has 1 aliphatic rings. The quantitative estimate of drug-likeness (QED) is 0.856. The van der Waals surface area contributed by atoms with Gasteiger partial charge < -0.3 is 14.4 Å². The van der Waals surface area contributed by atoms with Crippen LogP contribution >= 0.6 is 0 Å². The Morgan fingerprint density at radius 1 is 1.35 bits per heavy atom. The first-order chi connectivity index (χ1) is 10.7. The summed E-state index contributed by atoms with van der Waals surface area (Å²) in [4.78, 5) is 22.5. The van der Waals surface area contributed by atoms with Crippen LogP contribution in [0, 0.1) is 19.8 Å². The van der Waals surface area contributed by atoms with E-state index in [9.17, 15) is 4.79 Å². The van der Waals surface area contributed by atoms with Gasteiger partial charge in [-0.2, -0.15) is 4.98 Å². The van der Waals surface area contributed by atoms with Gasteiger partial charge in [0.1, 0.15) is 11.4 Å². The van der Waals surface area contributed by atoms with Crippen LogP contribution < -0.4 is 4.74 Å². The van der Waals surface area contributed by atoms with Gasteiger partial charge in [-0.3, -0.25) is 0 Å². The molecule has 23 heavy (non-hydrogen) atoms. The van der Waals surface area contributed by atoms with Gasteiger partial charge in [0.05, 0.1) is 6.61 Å². The van der Waals surface area contributed by atoms with E-state index in [0.717, 1.165) is 25.1 Å². The number of hydrogen-bond donors (Lipinski definition) is 0. The molecule has 1 amide bonds. The highest BCUT2D eigenvalue weighted by Crippen LogP contribution is 2.20. The summed E-state index contributed by atoms with van der Waals surface area (Å²) in [5, 5.41) is 0. The molecule has 1 aliphatic heterocycles. The smallest absolute Gasteiger partial charge is 0.410 e. The third-order valence-electron chi connectivity index (χ3n) is 3.58. The topological polar surface area (TPSA) is 64.5 Å². The fourth-order valence-electron chi connectivity index (χ4n) is 2.65. The molecular weight excluding hydrogens is 294 g/mol. The van der Waals surface area contributed by atoms with Crippen molar-refractivity contribution in [2.24, 2.45) is 5.92 Å². The molecule has 0 N–H and O–H groups in total. The second kappa shape index (κ2) is 7.15. The maximum Gasteiger partial charge on any atom is 0.410 e. The zero-order valence-electron chi connectivity index (χ0n) is 14.8. The van der Waals surface area contributed by atoms with E-state index < -0.39 is 5.60 Å². The van der Waals surface area contributed by atoms with Crippen molar-refractivity contribution < 1.29 is 14.3 Å². The van der Waals surface area contributed by atoms with Crippen molar-refractivity contribution in [3.05, 3.63) is 17.6 Å². The zero-order chi connectivity index (χ0) is 17.0. The lowest BCUT2D eigenvalue weighted by atomic mass is 9.99. The molecule has 1 aromatic heterocycles. The van der Waals surface area contributed by atoms with Crippen LogP contribution in [0.3, 0.4) is 0 Å². The number of aryl methyl sites for hydroxylation is 2. The molecular formula is C17H27N3O3. The second-order valence-electron chi connectivity index (χ2n) is 7.14. The van der Waals surface area contributed by atoms with Gasteiger partial charge in [0, 0.05) is 30.8 Å². The number of nitrogens with zero attached hydrogens (tertiary/aromatic N) is 3. The third-order valence-corrected chi connectivity index (χ3v) is 3.58. The Kier molecular flexibility index (Phi) is 5.44. The molecule has 0 unspecified atom stereocenters. The Bertz CT molecular complexity index is 534. The van der Waals surface area contributed by atoms with Crippen molar-refractivity contribution in [3.8, 4) is 5.88 Å². The number of rotatable bonds is 3. The average Bonchev–Trinajstić information content (AvgIpc) is 2.43. The molecule has 0 radical (unpaired) electrons. The highest BCUT2D eigenvalue weighted by Gasteiger charge is 2.28. The van der Waals surface area contributed by atoms with Crippen molar-refractivity contribution in [2.45, 2.75) is 53.1 Å². The highest BCUT2D eigenvalue weighted by atomic mass is 16.6. The summed E-state index contributed by atoms with van der Waals surface area (Å²) in [7, 11) is 0. The molecule has 6 nitrogen and oxygen atoms in total. The molecule has 128 valence electrons. The average molecular weight is 321 g/mol. The lowest BCUT2D eigenvalue weighted by molar-refractivity contribution is 0.0138. The normalized spacial score (nSPS) is 18.7. The number of carbonyl (C=O) groups is 1. The van der Waals surface area contributed by atoms with E-state index in [0.29, 0.717) is 30.8 Å². The van der Waals surface area contributed by atoms with Gasteiger partial charge in [-0.25, -0.2) is 9.78 Å². The summed E-state index contributed by atoms with van der Waals surface area (Å²) in [5.41, 5.74) is 0.433. The van der Waals surface area contributed by atoms with Crippen LogP contribution in [0.1, 0.15) is 45.1 Å². The van der Waals surface area contributed by atoms with Crippen LogP contribution in [0.25, 0.3) is 0 Å². The summed E-state index contributed by atoms with van der Waals surface area (Å²) in [5.74, 6) is 1.61. The van der Waals surface area contributed by atoms with Crippen molar-refractivity contribution >= 4 is 6.09 Å². The minimum absolute atomic E-state index is 0.240. The maximum atomic E-state index is 12.2. The lowest BCUT2D eigenvalue weighted by Gasteiger charge is -2.33. The van der Waals surface area contributed by atoms with Crippen LogP contribution in [-0.4, -0.2) is 46.3 Å². The van der Waals surface area contributed by atoms with E-state index in [1.54, 1.807) is 4.90 Å². The van der Waals surface area contributed by atoms with E-state index in [2.05, 4.69) is 9.97 Å². The molecule has 0 bridgehead atoms. The third kappa shape index (κ3) is 5.69. The van der Waals surface area contributed by atoms with Gasteiger partial charge in [0.15, 0.2) is 0 Å². The fourth-order valence-corrected chi connectivity index (χ4v) is 2.65. The maximum absolute atomic E-state index is 12.2. The fraction of sp³-hybridized carbons (Fsp3) is 0.706. The largest absolute Gasteiger partial charge is 0.477 e. The molecule has 2 rings (SSSR count). The Morgan fingerprint density at radius 3 is 2.74 bits per heavy atom. The van der Waals surface area contributed by atoms with Crippen molar-refractivity contribution in [3.63, 3.8) is 0 Å². The molecule has 1 fully saturated rings. The summed E-state index contributed by atoms with van der Waals surface area (Å²) >= 11 is 0. The Labute approximate surface area is 138 Å². The Balaban J connectivity index is 1.87. The number of aromatic nitrogens is 2. The first-order valence-electron chi connectivity index (χ1n) is 8.16. The van der Waals surface area contributed by atoms with Gasteiger partial charge >= 0.3 is 6.09 Å². The SMILES string of the molecule is Cc1cc(OC[C@H]2CCCN(C(=O)OC(C)(C)C)C2)nc(C)n1. The molecule has 2 heterocycles. The van der Waals surface area contributed by atoms with Crippen molar-refractivity contribution in [1.29, 1.82) is 0 Å². The van der Waals surface area contributed by atoms with Crippen LogP contribution in [0.4, 0.5) is 4.79 Å². The molecule has 6 heteroatoms. The zero-order valence-corrected chi connectivity index (χ0v) is 14.8. The van der Waals surface area contributed by atoms with E-state index in [1.165, 1.54) is 0 Å². The minimum Gasteiger partial charge on any atom is -0.477 e. The van der Waals surface area contributed by atoms with Gasteiger partial charge in [0.2, 0.25) is 5.88 Å². The Morgan fingerprint density at radius 2 is 2.09 bits per heavy atom. The van der Waals surface area contributed by atoms with Gasteiger partial charge in [-0.15, -0.1) is 0 Å². The molecule has 1 saturated heterocycles. The molecule has 0 spiro atoms. The van der Waals surface area contributed by atoms with Crippen LogP contribution in [-0.2, 0) is 4.74 Å². The summed E-state index contributed by atoms with van der Waals surface area (Å²) in [6.07, 6.45) is 1.77. The van der Waals surface area contributed by atoms with E-state index >= 15 is 0 Å². The summed E-state index contributed by atoms with van der Waals surface area (Å²) in [6, 6.07) is 1.83. The number of piperidine rings is 1. The predicted molar refractivity (Wildman–Crippen MR) is 87.5 cm³/mol. The number of amides is 1. The highest BCUT2D eigenvalue weighted by molar-refractivity contribution is 5.68. The van der Waals surface area contributed by atoms with Crippen molar-refractivity contribution in [2.75, 3.05) is 19.7 Å². The minimum atomic E-state index is -0.462. The molecule has 1 aromatic rings. The Hall–Kier alpha value is -1.85. The standard InChI is InChI=1S/C17H27N3O3/c1-12-9-15(19-13(2)18-12)22-11-14-7-6-8-20(10-14)16(21)23-17(3,4)5/h9,14H,6-8,10-11H2,1-5H3/t14-/m0/s1. The molecule has 0 saturated carbocycles. The van der Waals surface area contributed by atoms with Crippen molar-refractivity contribution in [1.82, 2.24) is 14.9 Å². The first-order valence-corrected chi connectivity index (χ1v) is 8.16. The predicted octanol–water partition coefficient (Wildman–Crippen LogP) is 3.12. The summed E-state index contributed by atoms with van der Waals surface area (Å²) < 4.78 is 11.3. The second-order valence-corrected chi connectivity index (χ2v) is 7.14. The van der Waals surface area contributed by atoms with Gasteiger partial charge in [-0.05, 0) is 47.5 Å². The van der Waals surface area contributed by atoms with E-state index in [-0.39, 0.29) is 6.09 Å². The van der Waals surface area contributed by atoms with Crippen LogP contribution in [0.15, 0.2) is 6.07 Å². The van der Waals surface area contributed by atoms with E-state index in [1.807, 2.05) is 40.7 Å². The number of ether oxygens (including phenoxy) is 2. The monoisotopic (exact) mass is 321 g/mol. The number of likely N-dealkylation sites (tertiary alicyclic amines) is 1. The van der Waals surface area contributed by atoms with Crippen LogP contribution in [0.2, 0.25) is 0 Å². The van der Waals surface area contributed by atoms with E-state index in [4.69, 9.17) is 9.47 Å². The van der Waals surface area contributed by atoms with Crippen LogP contribution in [0.5, 0.6) is 5.88 Å². The number of hydrogen-bond acceptors (Lipinski definition) is 5. The van der Waals surface area contributed by atoms with Gasteiger partial charge in [0.25, 0.3) is 0 Å². The molecule has 1 atom stereocenters. The van der Waals surface area contributed by atoms with Gasteiger partial charge in [-0.1, -0.05) is 0 Å². The first kappa shape index (κ1) is 17.5. The molecule has 0 aliphatic carbocycles. The summed E-state index contributed by atoms with van der Waals surface area (Å²) in [6.45, 7) is 11.4. The number of carbonyl (C=O) groups excluding carboxylic acids is 1. The molecule has 0 aromatic carbocycles. The lowest BCUT2D eigenvalue weighted by Crippen LogP contribution is -2.44.